The van der Waals surface area contributed by atoms with Crippen molar-refractivity contribution in [3.8, 4) is 0 Å². The van der Waals surface area contributed by atoms with Crippen molar-refractivity contribution in [2.75, 3.05) is 23.7 Å². The van der Waals surface area contributed by atoms with Crippen molar-refractivity contribution in [1.82, 2.24) is 4.98 Å². The van der Waals surface area contributed by atoms with Crippen LogP contribution < -0.4 is 10.6 Å². The molecule has 1 aromatic heterocycles. The molecular weight excluding hydrogens is 178 g/mol. The fraction of sp³-hybridized carbons (Fsp3) is 0.500. The fourth-order valence-electron chi connectivity index (χ4n) is 1.78. The predicted octanol–water partition coefficient (Wildman–Crippen LogP) is 0.625. The number of nitrogens with zero attached hydrogens (tertiary/aromatic N) is 2. The first-order valence-corrected chi connectivity index (χ1v) is 4.91. The lowest BCUT2D eigenvalue weighted by Crippen LogP contribution is -2.38. The molecule has 1 aliphatic heterocycles. The summed E-state index contributed by atoms with van der Waals surface area (Å²) in [4.78, 5) is 6.30. The van der Waals surface area contributed by atoms with E-state index in [4.69, 9.17) is 5.73 Å². The fourth-order valence-corrected chi connectivity index (χ4v) is 1.78. The number of hydrogen-bond donors (Lipinski definition) is 2. The van der Waals surface area contributed by atoms with Gasteiger partial charge >= 0.3 is 0 Å². The van der Waals surface area contributed by atoms with Crippen molar-refractivity contribution in [2.24, 2.45) is 0 Å². The Hall–Kier alpha value is -1.29. The van der Waals surface area contributed by atoms with Crippen LogP contribution in [-0.4, -0.2) is 29.3 Å². The topological polar surface area (TPSA) is 62.4 Å². The Kier molecular flexibility index (Phi) is 2.54. The highest BCUT2D eigenvalue weighted by molar-refractivity contribution is 5.45. The van der Waals surface area contributed by atoms with Gasteiger partial charge in [0.15, 0.2) is 0 Å². The molecule has 4 nitrogen and oxygen atoms in total. The van der Waals surface area contributed by atoms with E-state index in [2.05, 4.69) is 9.88 Å². The van der Waals surface area contributed by atoms with Crippen LogP contribution in [0.3, 0.4) is 0 Å². The van der Waals surface area contributed by atoms with Gasteiger partial charge in [0.25, 0.3) is 0 Å². The van der Waals surface area contributed by atoms with Crippen LogP contribution in [0.5, 0.6) is 0 Å². The minimum Gasteiger partial charge on any atom is -0.391 e. The molecule has 1 atom stereocenters. The average molecular weight is 193 g/mol. The maximum absolute atomic E-state index is 9.51. The molecule has 0 spiro atoms. The van der Waals surface area contributed by atoms with Gasteiger partial charge in [0.1, 0.15) is 11.6 Å². The number of hydrogen-bond acceptors (Lipinski definition) is 4. The molecular formula is C10H15N3O. The number of nitrogens with two attached hydrogens (primary N) is 1. The van der Waals surface area contributed by atoms with Crippen LogP contribution in [0.1, 0.15) is 12.8 Å². The second kappa shape index (κ2) is 3.84. The molecule has 2 heterocycles. The normalized spacial score (nSPS) is 22.4. The minimum atomic E-state index is -0.230. The van der Waals surface area contributed by atoms with Gasteiger partial charge in [-0.3, -0.25) is 0 Å². The highest BCUT2D eigenvalue weighted by atomic mass is 16.3. The summed E-state index contributed by atoms with van der Waals surface area (Å²) < 4.78 is 0. The zero-order chi connectivity index (χ0) is 9.97. The van der Waals surface area contributed by atoms with Crippen molar-refractivity contribution >= 4 is 11.6 Å². The monoisotopic (exact) mass is 193 g/mol. The largest absolute Gasteiger partial charge is 0.391 e. The number of pyridine rings is 1. The number of piperidine rings is 1. The van der Waals surface area contributed by atoms with E-state index in [9.17, 15) is 5.11 Å². The van der Waals surface area contributed by atoms with Crippen LogP contribution in [0.4, 0.5) is 11.6 Å². The molecule has 0 radical (unpaired) electrons. The standard InChI is InChI=1S/C10H15N3O/c11-9-4-1-5-10(12-9)13-6-2-3-8(14)7-13/h1,4-5,8,14H,2-3,6-7H2,(H2,11,12)/t8-/m1/s1. The first-order valence-electron chi connectivity index (χ1n) is 4.91. The van der Waals surface area contributed by atoms with Gasteiger partial charge in [-0.15, -0.1) is 0 Å². The van der Waals surface area contributed by atoms with E-state index in [0.29, 0.717) is 12.4 Å². The molecule has 1 aliphatic rings. The van der Waals surface area contributed by atoms with Crippen molar-refractivity contribution < 1.29 is 5.11 Å². The molecule has 4 heteroatoms. The summed E-state index contributed by atoms with van der Waals surface area (Å²) in [7, 11) is 0. The Morgan fingerprint density at radius 1 is 1.50 bits per heavy atom. The van der Waals surface area contributed by atoms with Gasteiger partial charge in [0, 0.05) is 13.1 Å². The van der Waals surface area contributed by atoms with Crippen molar-refractivity contribution in [1.29, 1.82) is 0 Å². The number of nitrogen functional groups attached to an aromatic ring is 1. The number of aliphatic hydroxyl groups is 1. The Bertz CT molecular complexity index is 316. The van der Waals surface area contributed by atoms with Gasteiger partial charge in [-0.05, 0) is 25.0 Å². The van der Waals surface area contributed by atoms with Crippen molar-refractivity contribution in [3.05, 3.63) is 18.2 Å². The quantitative estimate of drug-likeness (QED) is 0.686. The van der Waals surface area contributed by atoms with Crippen LogP contribution in [0, 0.1) is 0 Å². The third kappa shape index (κ3) is 1.96. The zero-order valence-corrected chi connectivity index (χ0v) is 8.06. The summed E-state index contributed by atoms with van der Waals surface area (Å²) >= 11 is 0. The highest BCUT2D eigenvalue weighted by Gasteiger charge is 2.18. The zero-order valence-electron chi connectivity index (χ0n) is 8.06. The Balaban J connectivity index is 2.14. The van der Waals surface area contributed by atoms with Gasteiger partial charge in [-0.2, -0.15) is 0 Å². The van der Waals surface area contributed by atoms with Crippen LogP contribution >= 0.6 is 0 Å². The van der Waals surface area contributed by atoms with E-state index < -0.39 is 0 Å². The molecule has 0 aliphatic carbocycles. The van der Waals surface area contributed by atoms with Gasteiger partial charge < -0.3 is 15.7 Å². The average Bonchev–Trinajstić information content (AvgIpc) is 2.18. The van der Waals surface area contributed by atoms with Gasteiger partial charge in [-0.25, -0.2) is 4.98 Å². The number of β-amino-alcohol motifs (C(OH)–C–C–N with tert-alkyl or cyclic N) is 1. The van der Waals surface area contributed by atoms with E-state index in [1.165, 1.54) is 0 Å². The van der Waals surface area contributed by atoms with E-state index in [1.54, 1.807) is 6.07 Å². The predicted molar refractivity (Wildman–Crippen MR) is 56.1 cm³/mol. The third-order valence-electron chi connectivity index (χ3n) is 2.48. The van der Waals surface area contributed by atoms with Gasteiger partial charge in [0.2, 0.25) is 0 Å². The smallest absolute Gasteiger partial charge is 0.131 e. The summed E-state index contributed by atoms with van der Waals surface area (Å²) in [6.07, 6.45) is 1.67. The second-order valence-electron chi connectivity index (χ2n) is 3.66. The summed E-state index contributed by atoms with van der Waals surface area (Å²) in [6.45, 7) is 1.62. The van der Waals surface area contributed by atoms with E-state index in [-0.39, 0.29) is 6.10 Å². The number of rotatable bonds is 1. The van der Waals surface area contributed by atoms with Crippen LogP contribution in [0.15, 0.2) is 18.2 Å². The number of anilines is 2. The maximum Gasteiger partial charge on any atom is 0.131 e. The first-order chi connectivity index (χ1) is 6.75. The lowest BCUT2D eigenvalue weighted by atomic mass is 10.1. The van der Waals surface area contributed by atoms with Crippen LogP contribution in [0.25, 0.3) is 0 Å². The lowest BCUT2D eigenvalue weighted by molar-refractivity contribution is 0.154. The van der Waals surface area contributed by atoms with Gasteiger partial charge in [-0.1, -0.05) is 6.07 Å². The summed E-state index contributed by atoms with van der Waals surface area (Å²) in [5, 5.41) is 9.51. The lowest BCUT2D eigenvalue weighted by Gasteiger charge is -2.31. The van der Waals surface area contributed by atoms with E-state index in [1.807, 2.05) is 12.1 Å². The first kappa shape index (κ1) is 9.27. The van der Waals surface area contributed by atoms with E-state index in [0.717, 1.165) is 25.2 Å². The summed E-state index contributed by atoms with van der Waals surface area (Å²) in [6, 6.07) is 5.58. The number of aliphatic hydroxyl groups excluding tert-OH is 1. The Morgan fingerprint density at radius 3 is 3.07 bits per heavy atom. The molecule has 76 valence electrons. The molecule has 0 aromatic carbocycles. The summed E-state index contributed by atoms with van der Waals surface area (Å²) in [5.74, 6) is 1.39. The van der Waals surface area contributed by atoms with Crippen molar-refractivity contribution in [2.45, 2.75) is 18.9 Å². The molecule has 2 rings (SSSR count). The van der Waals surface area contributed by atoms with E-state index >= 15 is 0 Å². The van der Waals surface area contributed by atoms with Crippen molar-refractivity contribution in [3.63, 3.8) is 0 Å². The SMILES string of the molecule is Nc1cccc(N2CCC[C@@H](O)C2)n1. The highest BCUT2D eigenvalue weighted by Crippen LogP contribution is 2.18. The molecule has 1 saturated heterocycles. The molecule has 0 amide bonds. The third-order valence-corrected chi connectivity index (χ3v) is 2.48. The van der Waals surface area contributed by atoms with Crippen LogP contribution in [-0.2, 0) is 0 Å². The molecule has 3 N–H and O–H groups in total. The molecule has 0 unspecified atom stereocenters. The Labute approximate surface area is 83.4 Å². The second-order valence-corrected chi connectivity index (χ2v) is 3.66. The van der Waals surface area contributed by atoms with Gasteiger partial charge in [0.05, 0.1) is 6.10 Å². The molecule has 14 heavy (non-hydrogen) atoms. The molecule has 0 bridgehead atoms. The maximum atomic E-state index is 9.51. The Morgan fingerprint density at radius 2 is 2.36 bits per heavy atom. The summed E-state index contributed by atoms with van der Waals surface area (Å²) in [5.41, 5.74) is 5.60. The molecule has 1 aromatic rings. The van der Waals surface area contributed by atoms with Crippen LogP contribution in [0.2, 0.25) is 0 Å². The number of aromatic nitrogens is 1. The molecule has 0 saturated carbocycles. The molecule has 1 fully saturated rings. The minimum absolute atomic E-state index is 0.230.